The van der Waals surface area contributed by atoms with Crippen molar-refractivity contribution in [2.75, 3.05) is 19.5 Å². The summed E-state index contributed by atoms with van der Waals surface area (Å²) >= 11 is 6.03. The monoisotopic (exact) mass is 396 g/mol. The number of halogens is 2. The first-order chi connectivity index (χ1) is 12.1. The van der Waals surface area contributed by atoms with E-state index in [1.54, 1.807) is 6.07 Å². The molecule has 0 atom stereocenters. The number of carbonyl (C=O) groups is 1. The van der Waals surface area contributed by atoms with Crippen LogP contribution < -0.4 is 20.5 Å². The fraction of sp³-hybridized carbons (Fsp3) is 0.316. The second kappa shape index (κ2) is 9.01. The van der Waals surface area contributed by atoms with E-state index in [2.05, 4.69) is 5.32 Å². The molecule has 0 aromatic heterocycles. The van der Waals surface area contributed by atoms with Crippen molar-refractivity contribution in [1.82, 2.24) is 5.32 Å². The number of rotatable bonds is 7. The Kier molecular flexibility index (Phi) is 7.00. The molecule has 0 radical (unpaired) electrons. The molecule has 2 aromatic rings. The van der Waals surface area contributed by atoms with Crippen LogP contribution in [0.1, 0.15) is 28.8 Å². The van der Waals surface area contributed by atoms with Crippen LogP contribution in [0.5, 0.6) is 11.5 Å². The molecule has 0 bridgehead atoms. The number of carbonyl (C=O) groups excluding carboxylic acids is 1. The molecule has 2 aromatic carbocycles. The molecule has 0 saturated heterocycles. The van der Waals surface area contributed by atoms with E-state index in [0.29, 0.717) is 34.5 Å². The lowest BCUT2D eigenvalue weighted by Crippen LogP contribution is -2.24. The van der Waals surface area contributed by atoms with E-state index in [0.717, 1.165) is 17.9 Å². The topological polar surface area (TPSA) is 73.6 Å². The summed E-state index contributed by atoms with van der Waals surface area (Å²) in [6.45, 7) is 1.08. The Hall–Kier alpha value is -2.11. The highest BCUT2D eigenvalue weighted by Gasteiger charge is 2.22. The summed E-state index contributed by atoms with van der Waals surface area (Å²) in [5, 5.41) is 3.20. The van der Waals surface area contributed by atoms with Gasteiger partial charge < -0.3 is 20.5 Å². The molecule has 140 valence electrons. The summed E-state index contributed by atoms with van der Waals surface area (Å²) in [4.78, 5) is 12.5. The maximum absolute atomic E-state index is 12.5. The Balaban J connectivity index is 0.00000243. The summed E-state index contributed by atoms with van der Waals surface area (Å²) in [5.41, 5.74) is 7.40. The zero-order chi connectivity index (χ0) is 17.8. The normalized spacial score (nSPS) is 12.8. The predicted octanol–water partition coefficient (Wildman–Crippen LogP) is 4.07. The van der Waals surface area contributed by atoms with Crippen molar-refractivity contribution in [2.24, 2.45) is 5.92 Å². The first-order valence-electron chi connectivity index (χ1n) is 8.20. The minimum atomic E-state index is -0.282. The Morgan fingerprint density at radius 3 is 2.69 bits per heavy atom. The highest BCUT2D eigenvalue weighted by atomic mass is 35.5. The van der Waals surface area contributed by atoms with Crippen LogP contribution in [-0.2, 0) is 6.54 Å². The van der Waals surface area contributed by atoms with Crippen molar-refractivity contribution in [2.45, 2.75) is 19.4 Å². The van der Waals surface area contributed by atoms with Gasteiger partial charge in [-0.05, 0) is 30.9 Å². The number of amides is 1. The van der Waals surface area contributed by atoms with E-state index < -0.39 is 0 Å². The highest BCUT2D eigenvalue weighted by molar-refractivity contribution is 6.33. The molecule has 0 heterocycles. The Morgan fingerprint density at radius 2 is 2.00 bits per heavy atom. The van der Waals surface area contributed by atoms with E-state index in [1.165, 1.54) is 26.0 Å². The van der Waals surface area contributed by atoms with Crippen molar-refractivity contribution < 1.29 is 14.3 Å². The number of nitrogens with two attached hydrogens (primary N) is 1. The lowest BCUT2D eigenvalue weighted by molar-refractivity contribution is 0.0947. The average molecular weight is 397 g/mol. The van der Waals surface area contributed by atoms with Gasteiger partial charge in [0.1, 0.15) is 11.5 Å². The first-order valence-corrected chi connectivity index (χ1v) is 8.58. The Bertz CT molecular complexity index is 779. The SMILES string of the molecule is COc1cc(N)c(Cl)cc1C(=O)NCc1ccccc1OCC1CC1.Cl. The number of anilines is 1. The molecule has 3 rings (SSSR count). The van der Waals surface area contributed by atoms with Crippen molar-refractivity contribution >= 4 is 35.6 Å². The van der Waals surface area contributed by atoms with Crippen molar-refractivity contribution in [3.05, 3.63) is 52.5 Å². The minimum Gasteiger partial charge on any atom is -0.496 e. The van der Waals surface area contributed by atoms with Crippen molar-refractivity contribution in [3.8, 4) is 11.5 Å². The number of ether oxygens (including phenoxy) is 2. The third-order valence-electron chi connectivity index (χ3n) is 4.15. The first kappa shape index (κ1) is 20.2. The number of nitrogen functional groups attached to an aromatic ring is 1. The number of benzene rings is 2. The van der Waals surface area contributed by atoms with Gasteiger partial charge in [-0.25, -0.2) is 0 Å². The van der Waals surface area contributed by atoms with E-state index >= 15 is 0 Å². The number of hydrogen-bond donors (Lipinski definition) is 2. The number of para-hydroxylation sites is 1. The largest absolute Gasteiger partial charge is 0.496 e. The summed E-state index contributed by atoms with van der Waals surface area (Å²) < 4.78 is 11.1. The van der Waals surface area contributed by atoms with Crippen LogP contribution in [0.2, 0.25) is 5.02 Å². The minimum absolute atomic E-state index is 0. The predicted molar refractivity (Wildman–Crippen MR) is 105 cm³/mol. The number of hydrogen-bond acceptors (Lipinski definition) is 4. The fourth-order valence-corrected chi connectivity index (χ4v) is 2.63. The molecule has 0 aliphatic heterocycles. The lowest BCUT2D eigenvalue weighted by Gasteiger charge is -2.14. The van der Waals surface area contributed by atoms with Crippen LogP contribution in [0.3, 0.4) is 0 Å². The van der Waals surface area contributed by atoms with Gasteiger partial charge in [0.2, 0.25) is 0 Å². The standard InChI is InChI=1S/C19H21ClN2O3.ClH/c1-24-18-9-16(21)15(20)8-14(18)19(23)22-10-13-4-2-3-5-17(13)25-11-12-6-7-12;/h2-5,8-9,12H,6-7,10-11,21H2,1H3,(H,22,23);1H. The van der Waals surface area contributed by atoms with Gasteiger partial charge in [-0.1, -0.05) is 29.8 Å². The molecule has 1 aliphatic rings. The van der Waals surface area contributed by atoms with Gasteiger partial charge >= 0.3 is 0 Å². The molecule has 1 saturated carbocycles. The second-order valence-corrected chi connectivity index (χ2v) is 6.53. The van der Waals surface area contributed by atoms with Gasteiger partial charge in [-0.3, -0.25) is 4.79 Å². The second-order valence-electron chi connectivity index (χ2n) is 6.12. The van der Waals surface area contributed by atoms with Crippen LogP contribution in [-0.4, -0.2) is 19.6 Å². The maximum atomic E-state index is 12.5. The number of methoxy groups -OCH3 is 1. The molecular weight excluding hydrogens is 375 g/mol. The van der Waals surface area contributed by atoms with E-state index in [9.17, 15) is 4.79 Å². The van der Waals surface area contributed by atoms with Crippen molar-refractivity contribution in [3.63, 3.8) is 0 Å². The molecule has 0 unspecified atom stereocenters. The quantitative estimate of drug-likeness (QED) is 0.691. The summed E-state index contributed by atoms with van der Waals surface area (Å²) in [6, 6.07) is 10.8. The molecular formula is C19H22Cl2N2O3. The van der Waals surface area contributed by atoms with Crippen LogP contribution in [0.15, 0.2) is 36.4 Å². The Morgan fingerprint density at radius 1 is 1.27 bits per heavy atom. The maximum Gasteiger partial charge on any atom is 0.255 e. The van der Waals surface area contributed by atoms with Crippen LogP contribution >= 0.6 is 24.0 Å². The summed E-state index contributed by atoms with van der Waals surface area (Å²) in [7, 11) is 1.49. The van der Waals surface area contributed by atoms with Gasteiger partial charge in [0.05, 0.1) is 30.0 Å². The van der Waals surface area contributed by atoms with E-state index in [1.807, 2.05) is 24.3 Å². The Labute approximate surface area is 164 Å². The van der Waals surface area contributed by atoms with Gasteiger partial charge in [0, 0.05) is 18.2 Å². The number of nitrogens with one attached hydrogen (secondary N) is 1. The molecule has 5 nitrogen and oxygen atoms in total. The highest BCUT2D eigenvalue weighted by Crippen LogP contribution is 2.31. The third kappa shape index (κ3) is 4.96. The third-order valence-corrected chi connectivity index (χ3v) is 4.47. The zero-order valence-electron chi connectivity index (χ0n) is 14.5. The molecule has 1 aliphatic carbocycles. The fourth-order valence-electron chi connectivity index (χ4n) is 2.47. The molecule has 7 heteroatoms. The van der Waals surface area contributed by atoms with Gasteiger partial charge in [0.25, 0.3) is 5.91 Å². The molecule has 1 amide bonds. The van der Waals surface area contributed by atoms with Gasteiger partial charge in [-0.15, -0.1) is 12.4 Å². The van der Waals surface area contributed by atoms with E-state index in [4.69, 9.17) is 26.8 Å². The zero-order valence-corrected chi connectivity index (χ0v) is 16.0. The van der Waals surface area contributed by atoms with Gasteiger partial charge in [0.15, 0.2) is 0 Å². The molecule has 1 fully saturated rings. The van der Waals surface area contributed by atoms with E-state index in [-0.39, 0.29) is 18.3 Å². The van der Waals surface area contributed by atoms with Crippen LogP contribution in [0.25, 0.3) is 0 Å². The smallest absolute Gasteiger partial charge is 0.255 e. The van der Waals surface area contributed by atoms with Crippen LogP contribution in [0, 0.1) is 5.92 Å². The molecule has 26 heavy (non-hydrogen) atoms. The van der Waals surface area contributed by atoms with Crippen molar-refractivity contribution in [1.29, 1.82) is 0 Å². The van der Waals surface area contributed by atoms with Gasteiger partial charge in [-0.2, -0.15) is 0 Å². The van der Waals surface area contributed by atoms with Crippen LogP contribution in [0.4, 0.5) is 5.69 Å². The summed E-state index contributed by atoms with van der Waals surface area (Å²) in [6.07, 6.45) is 2.47. The average Bonchev–Trinajstić information content (AvgIpc) is 3.45. The molecule has 3 N–H and O–H groups in total. The summed E-state index contributed by atoms with van der Waals surface area (Å²) in [5.74, 6) is 1.58. The lowest BCUT2D eigenvalue weighted by atomic mass is 10.1. The molecule has 0 spiro atoms.